The molecular weight excluding hydrogens is 899 g/mol. The van der Waals surface area contributed by atoms with E-state index in [9.17, 15) is 43.2 Å². The van der Waals surface area contributed by atoms with Crippen molar-refractivity contribution in [2.45, 2.75) is 91.2 Å². The third-order valence-corrected chi connectivity index (χ3v) is 11.8. The molecule has 0 aliphatic carbocycles. The summed E-state index contributed by atoms with van der Waals surface area (Å²) in [6, 6.07) is 13.8. The minimum Gasteiger partial charge on any atom is -0.445 e. The van der Waals surface area contributed by atoms with Crippen molar-refractivity contribution in [3.05, 3.63) is 106 Å². The molecule has 5 N–H and O–H groups in total. The highest BCUT2D eigenvalue weighted by Crippen LogP contribution is 2.29. The number of hydrogen-bond donors (Lipinski definition) is 4. The van der Waals surface area contributed by atoms with Gasteiger partial charge in [0.2, 0.25) is 17.7 Å². The molecule has 6 rings (SSSR count). The molecule has 70 heavy (non-hydrogen) atoms. The number of imide groups is 1. The lowest BCUT2D eigenvalue weighted by atomic mass is 10.0. The number of Topliss-reactive ketones (excluding diaryl/α,β-unsaturated/α-hetero) is 2. The molecule has 3 aliphatic rings. The van der Waals surface area contributed by atoms with Gasteiger partial charge < -0.3 is 36.2 Å². The molecule has 0 saturated heterocycles. The van der Waals surface area contributed by atoms with E-state index in [1.807, 2.05) is 13.8 Å². The molecule has 3 aliphatic heterocycles. The summed E-state index contributed by atoms with van der Waals surface area (Å²) in [5, 5.41) is 7.95. The lowest BCUT2D eigenvalue weighted by Crippen LogP contribution is -2.36. The Morgan fingerprint density at radius 2 is 1.54 bits per heavy atom. The topological polar surface area (TPSA) is 260 Å². The van der Waals surface area contributed by atoms with E-state index in [1.165, 1.54) is 12.2 Å². The quantitative estimate of drug-likeness (QED) is 0.0769. The van der Waals surface area contributed by atoms with Crippen LogP contribution >= 0.6 is 0 Å². The number of nitrogens with two attached hydrogens (primary N) is 1. The number of likely N-dealkylation sites (N-methyl/N-ethyl adjacent to an activating group) is 1. The molecule has 19 heteroatoms. The molecule has 0 atom stereocenters. The Morgan fingerprint density at radius 3 is 2.27 bits per heavy atom. The molecule has 368 valence electrons. The molecule has 7 amide bonds. The van der Waals surface area contributed by atoms with Crippen molar-refractivity contribution < 1.29 is 47.9 Å². The number of nitrogens with zero attached hydrogens (tertiary/aromatic N) is 5. The van der Waals surface area contributed by atoms with Gasteiger partial charge in [0, 0.05) is 99.2 Å². The Hall–Kier alpha value is -7.83. The summed E-state index contributed by atoms with van der Waals surface area (Å²) in [6.07, 6.45) is 8.54. The SMILES string of the molecule is CCCN(CC)C(=O)C1=Cc2ccc(C(=O)Nc3cnc4c(c3)CN(C(=O)OCc3ccc(CC(=O)CNC(=O)CCC(=O)CNC(=O)CCCCCN5C(=O)C=CC5=O)cc3)CC4)cc2N=C(N)C1. The van der Waals surface area contributed by atoms with Crippen LogP contribution in [0.25, 0.3) is 6.08 Å². The molecule has 0 saturated carbocycles. The highest BCUT2D eigenvalue weighted by atomic mass is 16.6. The normalized spacial score (nSPS) is 13.9. The van der Waals surface area contributed by atoms with Crippen LogP contribution in [0.5, 0.6) is 0 Å². The minimum absolute atomic E-state index is 0.00548. The molecule has 0 bridgehead atoms. The standard InChI is InChI=1S/C51H59N9O10/c1-3-20-58(4-2)50(68)37-24-35-13-14-36(26-43(35)57-44(52)27-37)49(67)56-39-25-38-31-59(22-19-42(38)53-28-39)51(69)70-32-34-11-9-33(10-12-34)23-41(62)30-55-46(64)16-15-40(61)29-54-45(63)8-6-5-7-21-60-47(65)17-18-48(60)66/h9-14,17-18,24-26,28H,3-8,15-16,19-23,27,29-32H2,1-2H3,(H2,52,57)(H,54,63)(H,55,64)(H,56,67). The number of carbonyl (C=O) groups excluding carboxylic acids is 9. The summed E-state index contributed by atoms with van der Waals surface area (Å²) in [4.78, 5) is 126. The van der Waals surface area contributed by atoms with E-state index in [1.54, 1.807) is 70.6 Å². The average Bonchev–Trinajstić information content (AvgIpc) is 3.56. The maximum Gasteiger partial charge on any atom is 0.410 e. The van der Waals surface area contributed by atoms with Gasteiger partial charge in [-0.25, -0.2) is 9.79 Å². The number of aliphatic imine (C=N–C) groups is 1. The van der Waals surface area contributed by atoms with Crippen LogP contribution in [0.3, 0.4) is 0 Å². The number of ether oxygens (including phenoxy) is 1. The first-order chi connectivity index (χ1) is 33.7. The predicted octanol–water partition coefficient (Wildman–Crippen LogP) is 4.24. The number of ketones is 2. The number of amidine groups is 1. The molecule has 0 unspecified atom stereocenters. The second-order valence-corrected chi connectivity index (χ2v) is 17.2. The average molecular weight is 958 g/mol. The smallest absolute Gasteiger partial charge is 0.410 e. The fourth-order valence-corrected chi connectivity index (χ4v) is 7.98. The van der Waals surface area contributed by atoms with E-state index in [0.29, 0.717) is 84.5 Å². The van der Waals surface area contributed by atoms with Crippen LogP contribution in [0, 0.1) is 0 Å². The number of amides is 7. The number of nitrogens with one attached hydrogen (secondary N) is 3. The summed E-state index contributed by atoms with van der Waals surface area (Å²) in [5.41, 5.74) is 11.7. The molecule has 4 heterocycles. The zero-order valence-electron chi connectivity index (χ0n) is 39.6. The van der Waals surface area contributed by atoms with Crippen LogP contribution in [-0.4, -0.2) is 118 Å². The second-order valence-electron chi connectivity index (χ2n) is 17.2. The van der Waals surface area contributed by atoms with Crippen molar-refractivity contribution in [2.75, 3.05) is 44.6 Å². The van der Waals surface area contributed by atoms with Crippen molar-refractivity contribution in [3.8, 4) is 0 Å². The van der Waals surface area contributed by atoms with Gasteiger partial charge in [-0.3, -0.25) is 48.2 Å². The Kier molecular flexibility index (Phi) is 18.4. The summed E-state index contributed by atoms with van der Waals surface area (Å²) < 4.78 is 5.61. The van der Waals surface area contributed by atoms with Crippen LogP contribution in [-0.2, 0) is 64.3 Å². The lowest BCUT2D eigenvalue weighted by molar-refractivity contribution is -0.137. The molecule has 0 spiro atoms. The van der Waals surface area contributed by atoms with Crippen LogP contribution in [0.1, 0.15) is 104 Å². The number of hydrogen-bond acceptors (Lipinski definition) is 13. The molecular formula is C51H59N9O10. The molecule has 0 fully saturated rings. The zero-order valence-corrected chi connectivity index (χ0v) is 39.6. The van der Waals surface area contributed by atoms with Gasteiger partial charge in [0.15, 0.2) is 11.6 Å². The molecule has 3 aromatic rings. The number of aromatic nitrogens is 1. The summed E-state index contributed by atoms with van der Waals surface area (Å²) in [7, 11) is 0. The maximum absolute atomic E-state index is 13.4. The second kappa shape index (κ2) is 25.0. The largest absolute Gasteiger partial charge is 0.445 e. The van der Waals surface area contributed by atoms with Crippen molar-refractivity contribution in [1.29, 1.82) is 0 Å². The zero-order chi connectivity index (χ0) is 50.2. The Labute approximate surface area is 406 Å². The highest BCUT2D eigenvalue weighted by molar-refractivity contribution is 6.13. The van der Waals surface area contributed by atoms with Gasteiger partial charge in [0.1, 0.15) is 12.4 Å². The van der Waals surface area contributed by atoms with E-state index in [2.05, 4.69) is 25.9 Å². The van der Waals surface area contributed by atoms with Crippen molar-refractivity contribution in [2.24, 2.45) is 10.7 Å². The number of carbonyl (C=O) groups is 9. The van der Waals surface area contributed by atoms with Crippen LogP contribution in [0.2, 0.25) is 0 Å². The fraction of sp³-hybridized carbons (Fsp3) is 0.392. The van der Waals surface area contributed by atoms with E-state index in [4.69, 9.17) is 10.5 Å². The number of fused-ring (bicyclic) bond motifs is 2. The lowest BCUT2D eigenvalue weighted by Gasteiger charge is -2.28. The summed E-state index contributed by atoms with van der Waals surface area (Å²) in [5.74, 6) is -2.24. The molecule has 19 nitrogen and oxygen atoms in total. The Morgan fingerprint density at radius 1 is 0.829 bits per heavy atom. The first kappa shape index (κ1) is 51.6. The van der Waals surface area contributed by atoms with Crippen LogP contribution in [0.15, 0.2) is 77.4 Å². The van der Waals surface area contributed by atoms with Gasteiger partial charge in [0.05, 0.1) is 37.2 Å². The van der Waals surface area contributed by atoms with Gasteiger partial charge in [-0.15, -0.1) is 0 Å². The third kappa shape index (κ3) is 14.8. The Balaban J connectivity index is 0.872. The summed E-state index contributed by atoms with van der Waals surface area (Å²) in [6.45, 7) is 5.63. The van der Waals surface area contributed by atoms with Gasteiger partial charge in [-0.1, -0.05) is 43.7 Å². The van der Waals surface area contributed by atoms with Crippen LogP contribution < -0.4 is 21.7 Å². The van der Waals surface area contributed by atoms with E-state index in [-0.39, 0.29) is 106 Å². The number of anilines is 1. The van der Waals surface area contributed by atoms with Crippen molar-refractivity contribution in [1.82, 2.24) is 30.3 Å². The van der Waals surface area contributed by atoms with Gasteiger partial charge in [-0.05, 0) is 67.2 Å². The number of pyridine rings is 1. The number of unbranched alkanes of at least 4 members (excludes halogenated alkanes) is 2. The van der Waals surface area contributed by atoms with E-state index >= 15 is 0 Å². The van der Waals surface area contributed by atoms with E-state index in [0.717, 1.165) is 22.6 Å². The fourth-order valence-electron chi connectivity index (χ4n) is 7.98. The van der Waals surface area contributed by atoms with E-state index < -0.39 is 17.9 Å². The van der Waals surface area contributed by atoms with Gasteiger partial charge in [-0.2, -0.15) is 0 Å². The van der Waals surface area contributed by atoms with Gasteiger partial charge in [0.25, 0.3) is 17.7 Å². The number of benzene rings is 2. The molecule has 0 radical (unpaired) electrons. The van der Waals surface area contributed by atoms with Gasteiger partial charge >= 0.3 is 6.09 Å². The minimum atomic E-state index is -0.521. The van der Waals surface area contributed by atoms with Crippen molar-refractivity contribution in [3.63, 3.8) is 0 Å². The third-order valence-electron chi connectivity index (χ3n) is 11.8. The molecule has 1 aromatic heterocycles. The number of rotatable bonds is 23. The maximum atomic E-state index is 13.4. The first-order valence-corrected chi connectivity index (χ1v) is 23.6. The van der Waals surface area contributed by atoms with Crippen molar-refractivity contribution >= 4 is 76.4 Å². The monoisotopic (exact) mass is 957 g/mol. The summed E-state index contributed by atoms with van der Waals surface area (Å²) >= 11 is 0. The Bertz CT molecular complexity index is 2590. The highest BCUT2D eigenvalue weighted by Gasteiger charge is 2.25. The predicted molar refractivity (Wildman–Crippen MR) is 259 cm³/mol. The molecule has 2 aromatic carbocycles. The first-order valence-electron chi connectivity index (χ1n) is 23.6. The van der Waals surface area contributed by atoms with Crippen LogP contribution in [0.4, 0.5) is 16.2 Å².